The summed E-state index contributed by atoms with van der Waals surface area (Å²) in [6, 6.07) is 8.85. The van der Waals surface area contributed by atoms with Crippen LogP contribution in [0.3, 0.4) is 0 Å². The number of amides is 4. The summed E-state index contributed by atoms with van der Waals surface area (Å²) in [5.74, 6) is -2.76. The number of aromatic nitrogens is 2. The first-order chi connectivity index (χ1) is 25.1. The summed E-state index contributed by atoms with van der Waals surface area (Å²) in [5, 5.41) is 11.1. The van der Waals surface area contributed by atoms with Crippen LogP contribution in [-0.2, 0) is 25.7 Å². The second kappa shape index (κ2) is 23.4. The fourth-order valence-electron chi connectivity index (χ4n) is 6.18. The molecule has 12 nitrogen and oxygen atoms in total. The van der Waals surface area contributed by atoms with Gasteiger partial charge in [-0.3, -0.25) is 28.8 Å². The number of pyridine rings is 1. The Kier molecular flexibility index (Phi) is 19.7. The molecule has 284 valence electrons. The van der Waals surface area contributed by atoms with Gasteiger partial charge >= 0.3 is 0 Å². The fraction of sp³-hybridized carbons (Fsp3) is 0.500. The number of fused-ring (bicyclic) bond motifs is 1. The van der Waals surface area contributed by atoms with Crippen molar-refractivity contribution in [3.05, 3.63) is 71.1 Å². The molecule has 0 aliphatic heterocycles. The Bertz CT molecular complexity index is 1650. The second-order valence-corrected chi connectivity index (χ2v) is 13.3. The van der Waals surface area contributed by atoms with E-state index >= 15 is 0 Å². The highest BCUT2D eigenvalue weighted by Crippen LogP contribution is 2.22. The molecule has 0 bridgehead atoms. The van der Waals surface area contributed by atoms with E-state index in [1.54, 1.807) is 18.2 Å². The molecule has 2 heterocycles. The molecule has 1 fully saturated rings. The molecule has 4 N–H and O–H groups in total. The van der Waals surface area contributed by atoms with Crippen LogP contribution in [0, 0.1) is 5.92 Å². The van der Waals surface area contributed by atoms with Gasteiger partial charge in [-0.05, 0) is 62.3 Å². The first kappa shape index (κ1) is 43.9. The zero-order chi connectivity index (χ0) is 38.6. The number of hydrogen-bond donors (Lipinski definition) is 4. The molecule has 4 unspecified atom stereocenters. The van der Waals surface area contributed by atoms with E-state index in [0.29, 0.717) is 11.4 Å². The Morgan fingerprint density at radius 1 is 0.962 bits per heavy atom. The van der Waals surface area contributed by atoms with Gasteiger partial charge in [0, 0.05) is 24.7 Å². The van der Waals surface area contributed by atoms with E-state index < -0.39 is 35.1 Å². The second-order valence-electron chi connectivity index (χ2n) is 12.3. The van der Waals surface area contributed by atoms with Crippen molar-refractivity contribution in [2.75, 3.05) is 12.0 Å². The smallest absolute Gasteiger partial charge is 0.287 e. The average molecular weight is 755 g/mol. The van der Waals surface area contributed by atoms with Gasteiger partial charge in [-0.1, -0.05) is 65.3 Å². The Morgan fingerprint density at radius 3 is 2.29 bits per heavy atom. The fourth-order valence-corrected chi connectivity index (χ4v) is 7.05. The van der Waals surface area contributed by atoms with Gasteiger partial charge in [0.25, 0.3) is 17.4 Å². The van der Waals surface area contributed by atoms with E-state index in [9.17, 15) is 28.8 Å². The highest BCUT2D eigenvalue weighted by atomic mass is 32.1. The maximum Gasteiger partial charge on any atom is 0.287 e. The lowest BCUT2D eigenvalue weighted by Gasteiger charge is -2.26. The van der Waals surface area contributed by atoms with Crippen LogP contribution in [0.4, 0.5) is 5.69 Å². The number of para-hydroxylation sites is 1. The minimum atomic E-state index is -1.26. The standard InChI is InChI=1S/C35H46N6O6S.C2H4.CH5P/c1-4-12-22(5-2)24(6-3)37-30(43)21-41-20-11-16-27(35(41)47)39-31(44)26(18-19-28(42)32(45)36-23-13-7-8-14-23)38-33(46)34-40-25-15-9-10-17-29(25)48-34;2*1-2/h9-11,15-17,20,22-24,26H,4-8,12-14,18-19,21H2,1-3H3,(H,36,45)(H,37,43)(H,38,46)(H,39,44);1-2H2;2H2,1H3. The van der Waals surface area contributed by atoms with Crippen LogP contribution >= 0.6 is 20.6 Å². The summed E-state index contributed by atoms with van der Waals surface area (Å²) in [6.07, 6.45) is 8.29. The van der Waals surface area contributed by atoms with Crippen molar-refractivity contribution in [2.24, 2.45) is 5.92 Å². The van der Waals surface area contributed by atoms with E-state index in [1.807, 2.05) is 25.7 Å². The van der Waals surface area contributed by atoms with Gasteiger partial charge in [0.1, 0.15) is 18.3 Å². The number of carbonyl (C=O) groups excluding carboxylic acids is 5. The molecule has 1 saturated carbocycles. The van der Waals surface area contributed by atoms with Crippen molar-refractivity contribution >= 4 is 65.9 Å². The highest BCUT2D eigenvalue weighted by Gasteiger charge is 2.28. The summed E-state index contributed by atoms with van der Waals surface area (Å²) in [7, 11) is 2.42. The maximum absolute atomic E-state index is 13.6. The normalized spacial score (nSPS) is 14.0. The third kappa shape index (κ3) is 13.1. The minimum absolute atomic E-state index is 0.0104. The van der Waals surface area contributed by atoms with E-state index in [-0.39, 0.29) is 48.1 Å². The molecule has 4 amide bonds. The number of anilines is 1. The molecule has 52 heavy (non-hydrogen) atoms. The third-order valence-corrected chi connectivity index (χ3v) is 9.88. The monoisotopic (exact) mass is 754 g/mol. The van der Waals surface area contributed by atoms with Crippen LogP contribution in [0.1, 0.15) is 94.8 Å². The number of rotatable bonds is 17. The van der Waals surface area contributed by atoms with Crippen LogP contribution in [0.2, 0.25) is 0 Å². The molecule has 1 aromatic carbocycles. The van der Waals surface area contributed by atoms with Crippen molar-refractivity contribution in [1.29, 1.82) is 0 Å². The number of ketones is 1. The van der Waals surface area contributed by atoms with Gasteiger partial charge in [-0.15, -0.1) is 33.7 Å². The predicted molar refractivity (Wildman–Crippen MR) is 213 cm³/mol. The van der Waals surface area contributed by atoms with Gasteiger partial charge in [0.2, 0.25) is 17.6 Å². The number of Topliss-reactive ketones (excluding diaryl/α,β-unsaturated/α-hetero) is 1. The summed E-state index contributed by atoms with van der Waals surface area (Å²) in [5.41, 5.74) is -0.0654. The first-order valence-electron chi connectivity index (χ1n) is 18.0. The molecule has 0 radical (unpaired) electrons. The lowest BCUT2D eigenvalue weighted by atomic mass is 9.90. The predicted octanol–water partition coefficient (Wildman–Crippen LogP) is 5.62. The number of thiazole rings is 1. The molecule has 3 aromatic rings. The summed E-state index contributed by atoms with van der Waals surface area (Å²) in [4.78, 5) is 82.7. The Balaban J connectivity index is 0.00000226. The molecule has 2 aromatic heterocycles. The molecule has 0 spiro atoms. The largest absolute Gasteiger partial charge is 0.352 e. The molecular weight excluding hydrogens is 699 g/mol. The summed E-state index contributed by atoms with van der Waals surface area (Å²) < 4.78 is 2.00. The van der Waals surface area contributed by atoms with Crippen LogP contribution in [0.5, 0.6) is 0 Å². The number of benzene rings is 1. The van der Waals surface area contributed by atoms with Crippen LogP contribution < -0.4 is 26.8 Å². The van der Waals surface area contributed by atoms with E-state index in [1.165, 1.54) is 16.8 Å². The van der Waals surface area contributed by atoms with Gasteiger partial charge in [-0.25, -0.2) is 4.98 Å². The lowest BCUT2D eigenvalue weighted by molar-refractivity contribution is -0.138. The molecule has 1 aliphatic carbocycles. The Morgan fingerprint density at radius 2 is 1.65 bits per heavy atom. The third-order valence-electron chi connectivity index (χ3n) is 8.84. The van der Waals surface area contributed by atoms with Crippen LogP contribution in [0.15, 0.2) is 60.5 Å². The quantitative estimate of drug-likeness (QED) is 0.0789. The maximum atomic E-state index is 13.6. The van der Waals surface area contributed by atoms with E-state index in [4.69, 9.17) is 0 Å². The molecule has 0 saturated heterocycles. The van der Waals surface area contributed by atoms with Crippen LogP contribution in [0.25, 0.3) is 10.2 Å². The van der Waals surface area contributed by atoms with Crippen molar-refractivity contribution in [3.8, 4) is 0 Å². The number of nitrogens with one attached hydrogen (secondary N) is 4. The van der Waals surface area contributed by atoms with Gasteiger partial charge in [0.15, 0.2) is 5.01 Å². The van der Waals surface area contributed by atoms with E-state index in [0.717, 1.165) is 67.4 Å². The van der Waals surface area contributed by atoms with Crippen molar-refractivity contribution in [1.82, 2.24) is 25.5 Å². The number of carbonyl (C=O) groups is 5. The molecule has 1 aliphatic rings. The molecule has 14 heteroatoms. The van der Waals surface area contributed by atoms with Gasteiger partial charge in [0.05, 0.1) is 10.2 Å². The molecular formula is C38H55N6O6PS. The van der Waals surface area contributed by atoms with E-state index in [2.05, 4.69) is 62.5 Å². The van der Waals surface area contributed by atoms with Crippen LogP contribution in [-0.4, -0.2) is 63.8 Å². The van der Waals surface area contributed by atoms with Crippen molar-refractivity contribution < 1.29 is 24.0 Å². The average Bonchev–Trinajstić information content (AvgIpc) is 3.85. The zero-order valence-electron chi connectivity index (χ0n) is 30.9. The minimum Gasteiger partial charge on any atom is -0.352 e. The summed E-state index contributed by atoms with van der Waals surface area (Å²) in [6.45, 7) is 13.9. The Labute approximate surface area is 313 Å². The Hall–Kier alpha value is -4.22. The number of nitrogens with zero attached hydrogens (tertiary/aromatic N) is 2. The molecule has 4 atom stereocenters. The lowest BCUT2D eigenvalue weighted by Crippen LogP contribution is -2.46. The van der Waals surface area contributed by atoms with Gasteiger partial charge < -0.3 is 25.8 Å². The number of hydrogen-bond acceptors (Lipinski definition) is 8. The zero-order valence-corrected chi connectivity index (χ0v) is 32.8. The highest BCUT2D eigenvalue weighted by molar-refractivity contribution is 7.20. The van der Waals surface area contributed by atoms with Crippen molar-refractivity contribution in [2.45, 2.75) is 110 Å². The SMILES string of the molecule is C=C.CCCC(CC)C(CC)NC(=O)Cn1cccc(NC(=O)C(CCC(=O)C(=O)NC2CCCC2)NC(=O)c2nc3ccccc3s2)c1=O.CP. The van der Waals surface area contributed by atoms with Crippen molar-refractivity contribution in [3.63, 3.8) is 0 Å². The summed E-state index contributed by atoms with van der Waals surface area (Å²) >= 11 is 1.15. The first-order valence-corrected chi connectivity index (χ1v) is 20.0. The topological polar surface area (TPSA) is 168 Å². The molecule has 4 rings (SSSR count). The van der Waals surface area contributed by atoms with Gasteiger partial charge in [-0.2, -0.15) is 0 Å².